The van der Waals surface area contributed by atoms with Crippen LogP contribution in [0.3, 0.4) is 0 Å². The summed E-state index contributed by atoms with van der Waals surface area (Å²) < 4.78 is 5.24. The van der Waals surface area contributed by atoms with Gasteiger partial charge in [0, 0.05) is 6.42 Å². The van der Waals surface area contributed by atoms with E-state index < -0.39 is 11.9 Å². The van der Waals surface area contributed by atoms with Crippen LogP contribution < -0.4 is 0 Å². The Morgan fingerprint density at radius 1 is 1.22 bits per heavy atom. The molecule has 0 saturated carbocycles. The predicted molar refractivity (Wildman–Crippen MR) is 68.2 cm³/mol. The fraction of sp³-hybridized carbons (Fsp3) is 0.500. The summed E-state index contributed by atoms with van der Waals surface area (Å²) in [6.45, 7) is 5.46. The molecule has 0 unspecified atom stereocenters. The topological polar surface area (TPSA) is 66.8 Å². The number of ether oxygens (including phenoxy) is 1. The minimum atomic E-state index is -1.30. The first-order chi connectivity index (χ1) is 8.28. The molecule has 0 saturated heterocycles. The number of carbonyl (C=O) groups excluding carboxylic acids is 1. The highest BCUT2D eigenvalue weighted by Gasteiger charge is 2.17. The monoisotopic (exact) mass is 252 g/mol. The number of hydrogen-bond donors (Lipinski definition) is 2. The summed E-state index contributed by atoms with van der Waals surface area (Å²) in [5, 5.41) is 17.5. The third-order valence-corrected chi connectivity index (χ3v) is 2.28. The maximum Gasteiger partial charge on any atom is 0.338 e. The van der Waals surface area contributed by atoms with Crippen LogP contribution in [0, 0.1) is 0 Å². The molecular weight excluding hydrogens is 232 g/mol. The highest BCUT2D eigenvalue weighted by atomic mass is 16.6. The van der Waals surface area contributed by atoms with Crippen LogP contribution in [0.4, 0.5) is 0 Å². The molecular formula is C14H20O4. The summed E-state index contributed by atoms with van der Waals surface area (Å²) in [5.74, 6) is -0.351. The zero-order valence-electron chi connectivity index (χ0n) is 11.0. The molecule has 4 heteroatoms. The van der Waals surface area contributed by atoms with Gasteiger partial charge >= 0.3 is 5.97 Å². The highest BCUT2D eigenvalue weighted by molar-refractivity contribution is 5.89. The average Bonchev–Trinajstić information content (AvgIpc) is 2.24. The van der Waals surface area contributed by atoms with Crippen molar-refractivity contribution in [1.82, 2.24) is 0 Å². The van der Waals surface area contributed by atoms with Crippen molar-refractivity contribution in [2.75, 3.05) is 0 Å². The Morgan fingerprint density at radius 2 is 1.78 bits per heavy atom. The standard InChI is InChI=1S/C14H20O4/c1-14(2,3)18-13(17)11-7-4-10(5-8-11)6-9-12(15)16/h4-5,7-8,12,15-16H,6,9H2,1-3H3. The molecule has 0 aliphatic heterocycles. The van der Waals surface area contributed by atoms with E-state index in [4.69, 9.17) is 14.9 Å². The first kappa shape index (κ1) is 14.7. The number of rotatable bonds is 4. The maximum atomic E-state index is 11.7. The zero-order chi connectivity index (χ0) is 13.8. The Hall–Kier alpha value is -1.39. The predicted octanol–water partition coefficient (Wildman–Crippen LogP) is 1.89. The smallest absolute Gasteiger partial charge is 0.338 e. The molecule has 0 bridgehead atoms. The lowest BCUT2D eigenvalue weighted by Crippen LogP contribution is -2.23. The lowest BCUT2D eigenvalue weighted by Gasteiger charge is -2.19. The van der Waals surface area contributed by atoms with E-state index >= 15 is 0 Å². The summed E-state index contributed by atoms with van der Waals surface area (Å²) in [6, 6.07) is 6.96. The van der Waals surface area contributed by atoms with Crippen molar-refractivity contribution in [1.29, 1.82) is 0 Å². The molecule has 0 amide bonds. The number of aryl methyl sites for hydroxylation is 1. The van der Waals surface area contributed by atoms with Gasteiger partial charge in [-0.15, -0.1) is 0 Å². The number of esters is 1. The van der Waals surface area contributed by atoms with E-state index in [1.165, 1.54) is 0 Å². The van der Waals surface area contributed by atoms with Gasteiger partial charge in [0.1, 0.15) is 5.60 Å². The number of benzene rings is 1. The molecule has 0 aliphatic rings. The molecule has 4 nitrogen and oxygen atoms in total. The van der Waals surface area contributed by atoms with Crippen LogP contribution in [0.2, 0.25) is 0 Å². The van der Waals surface area contributed by atoms with E-state index in [2.05, 4.69) is 0 Å². The largest absolute Gasteiger partial charge is 0.456 e. The molecule has 1 rings (SSSR count). The van der Waals surface area contributed by atoms with E-state index in [-0.39, 0.29) is 12.4 Å². The van der Waals surface area contributed by atoms with E-state index in [0.717, 1.165) is 5.56 Å². The highest BCUT2D eigenvalue weighted by Crippen LogP contribution is 2.13. The summed E-state index contributed by atoms with van der Waals surface area (Å²) >= 11 is 0. The molecule has 0 atom stereocenters. The molecule has 0 spiro atoms. The Bertz CT molecular complexity index is 387. The zero-order valence-corrected chi connectivity index (χ0v) is 11.0. The summed E-state index contributed by atoms with van der Waals surface area (Å²) in [5.41, 5.74) is 0.949. The van der Waals surface area contributed by atoms with E-state index in [1.54, 1.807) is 24.3 Å². The van der Waals surface area contributed by atoms with Gasteiger partial charge in [0.05, 0.1) is 5.56 Å². The van der Waals surface area contributed by atoms with Gasteiger partial charge in [0.15, 0.2) is 6.29 Å². The van der Waals surface area contributed by atoms with Gasteiger partial charge in [-0.25, -0.2) is 4.79 Å². The molecule has 1 aromatic rings. The van der Waals surface area contributed by atoms with E-state index in [1.807, 2.05) is 20.8 Å². The third-order valence-electron chi connectivity index (χ3n) is 2.28. The van der Waals surface area contributed by atoms with Crippen molar-refractivity contribution in [3.8, 4) is 0 Å². The van der Waals surface area contributed by atoms with Crippen LogP contribution in [-0.4, -0.2) is 28.1 Å². The van der Waals surface area contributed by atoms with Crippen molar-refractivity contribution in [3.05, 3.63) is 35.4 Å². The lowest BCUT2D eigenvalue weighted by atomic mass is 10.1. The van der Waals surface area contributed by atoms with Crippen LogP contribution in [0.15, 0.2) is 24.3 Å². The van der Waals surface area contributed by atoms with Crippen LogP contribution in [0.1, 0.15) is 43.1 Å². The Balaban J connectivity index is 2.62. The molecule has 2 N–H and O–H groups in total. The van der Waals surface area contributed by atoms with Crippen LogP contribution in [0.5, 0.6) is 0 Å². The average molecular weight is 252 g/mol. The molecule has 18 heavy (non-hydrogen) atoms. The summed E-state index contributed by atoms with van der Waals surface area (Å²) in [6.07, 6.45) is -0.451. The molecule has 100 valence electrons. The Labute approximate surface area is 107 Å². The van der Waals surface area contributed by atoms with Gasteiger partial charge in [-0.05, 0) is 44.9 Å². The summed E-state index contributed by atoms with van der Waals surface area (Å²) in [7, 11) is 0. The van der Waals surface area contributed by atoms with Crippen molar-refractivity contribution in [3.63, 3.8) is 0 Å². The second kappa shape index (κ2) is 5.98. The van der Waals surface area contributed by atoms with Gasteiger partial charge in [-0.2, -0.15) is 0 Å². The maximum absolute atomic E-state index is 11.7. The SMILES string of the molecule is CC(C)(C)OC(=O)c1ccc(CCC(O)O)cc1. The first-order valence-corrected chi connectivity index (χ1v) is 5.96. The minimum absolute atomic E-state index is 0.284. The lowest BCUT2D eigenvalue weighted by molar-refractivity contribution is -0.0447. The number of hydrogen-bond acceptors (Lipinski definition) is 4. The van der Waals surface area contributed by atoms with Gasteiger partial charge in [-0.3, -0.25) is 0 Å². The molecule has 1 aromatic carbocycles. The van der Waals surface area contributed by atoms with Crippen LogP contribution in [-0.2, 0) is 11.2 Å². The van der Waals surface area contributed by atoms with Gasteiger partial charge < -0.3 is 14.9 Å². The van der Waals surface area contributed by atoms with Crippen molar-refractivity contribution >= 4 is 5.97 Å². The number of aliphatic hydroxyl groups excluding tert-OH is 1. The minimum Gasteiger partial charge on any atom is -0.456 e. The molecule has 0 aromatic heterocycles. The number of aliphatic hydroxyl groups is 2. The van der Waals surface area contributed by atoms with Crippen LogP contribution in [0.25, 0.3) is 0 Å². The summed E-state index contributed by atoms with van der Waals surface area (Å²) in [4.78, 5) is 11.7. The Kier molecular flexibility index (Phi) is 4.87. The normalized spacial score (nSPS) is 11.7. The van der Waals surface area contributed by atoms with Crippen molar-refractivity contribution in [2.24, 2.45) is 0 Å². The van der Waals surface area contributed by atoms with Crippen molar-refractivity contribution in [2.45, 2.75) is 45.5 Å². The van der Waals surface area contributed by atoms with Crippen molar-refractivity contribution < 1.29 is 19.7 Å². The van der Waals surface area contributed by atoms with Gasteiger partial charge in [-0.1, -0.05) is 12.1 Å². The molecule has 0 aliphatic carbocycles. The second-order valence-corrected chi connectivity index (χ2v) is 5.22. The molecule has 0 fully saturated rings. The quantitative estimate of drug-likeness (QED) is 0.634. The Morgan fingerprint density at radius 3 is 2.22 bits per heavy atom. The second-order valence-electron chi connectivity index (χ2n) is 5.22. The number of carbonyl (C=O) groups is 1. The molecule has 0 radical (unpaired) electrons. The van der Waals surface area contributed by atoms with Gasteiger partial charge in [0.2, 0.25) is 0 Å². The fourth-order valence-electron chi connectivity index (χ4n) is 1.44. The molecule has 0 heterocycles. The third kappa shape index (κ3) is 5.29. The van der Waals surface area contributed by atoms with Crippen LogP contribution >= 0.6 is 0 Å². The van der Waals surface area contributed by atoms with Gasteiger partial charge in [0.25, 0.3) is 0 Å². The van der Waals surface area contributed by atoms with E-state index in [0.29, 0.717) is 12.0 Å². The van der Waals surface area contributed by atoms with E-state index in [9.17, 15) is 4.79 Å². The first-order valence-electron chi connectivity index (χ1n) is 5.96. The fourth-order valence-corrected chi connectivity index (χ4v) is 1.44.